The van der Waals surface area contributed by atoms with Crippen molar-refractivity contribution >= 4 is 0 Å². The van der Waals surface area contributed by atoms with Gasteiger partial charge in [0, 0.05) is 0 Å². The number of hydrogen-bond acceptors (Lipinski definition) is 0. The van der Waals surface area contributed by atoms with E-state index in [-0.39, 0.29) is 42.8 Å². The first kappa shape index (κ1) is 15.1. The Bertz CT molecular complexity index is 308. The molecule has 15 heavy (non-hydrogen) atoms. The molecule has 0 spiro atoms. The average molecular weight is 430 g/mol. The van der Waals surface area contributed by atoms with E-state index in [4.69, 9.17) is 0 Å². The van der Waals surface area contributed by atoms with E-state index in [9.17, 15) is 4.39 Å². The number of rotatable bonds is 2. The van der Waals surface area contributed by atoms with Crippen LogP contribution in [0.15, 0.2) is 12.1 Å². The first-order valence-electron chi connectivity index (χ1n) is 4.88. The summed E-state index contributed by atoms with van der Waals surface area (Å²) in [5.41, 5.74) is 2.33. The van der Waals surface area contributed by atoms with Gasteiger partial charge in [-0.1, -0.05) is 26.7 Å². The fourth-order valence-corrected chi connectivity index (χ4v) is 1.57. The minimum atomic E-state index is -0.177. The van der Waals surface area contributed by atoms with Crippen LogP contribution in [0.4, 0.5) is 4.39 Å². The van der Waals surface area contributed by atoms with Crippen molar-refractivity contribution < 1.29 is 35.5 Å². The second kappa shape index (κ2) is 5.97. The van der Waals surface area contributed by atoms with Crippen molar-refractivity contribution in [3.8, 4) is 0 Å². The van der Waals surface area contributed by atoms with Crippen molar-refractivity contribution in [2.75, 3.05) is 0 Å². The van der Waals surface area contributed by atoms with Crippen LogP contribution in [-0.2, 0) is 0 Å². The van der Waals surface area contributed by atoms with Crippen molar-refractivity contribution in [1.82, 2.24) is 0 Å². The third kappa shape index (κ3) is 3.54. The molecule has 0 aliphatic rings. The largest absolute Gasteiger partial charge is 2.00 e. The maximum absolute atomic E-state index is 13.6. The molecule has 0 aliphatic carbocycles. The summed E-state index contributed by atoms with van der Waals surface area (Å²) < 4.78 is 13.6. The fraction of sp³-hybridized carbons (Fsp3) is 0.385. The molecule has 0 heterocycles. The van der Waals surface area contributed by atoms with Gasteiger partial charge in [0.15, 0.2) is 0 Å². The van der Waals surface area contributed by atoms with Crippen LogP contribution in [0.5, 0.6) is 0 Å². The molecule has 2 heteroatoms. The Hall–Kier alpha value is 0.0719. The Balaban J connectivity index is 0.00000196. The van der Waals surface area contributed by atoms with Gasteiger partial charge in [-0.05, 0) is 6.07 Å². The van der Waals surface area contributed by atoms with E-state index in [0.29, 0.717) is 11.5 Å². The molecular weight excluding hydrogens is 413 g/mol. The second-order valence-corrected chi connectivity index (χ2v) is 4.17. The number of hydrogen-bond donors (Lipinski definition) is 0. The molecule has 1 unspecified atom stereocenters. The normalized spacial score (nSPS) is 12.4. The van der Waals surface area contributed by atoms with Crippen LogP contribution in [0.3, 0.4) is 0 Å². The molecule has 1 atom stereocenters. The van der Waals surface area contributed by atoms with Gasteiger partial charge in [0.2, 0.25) is 0 Å². The van der Waals surface area contributed by atoms with Gasteiger partial charge in [-0.3, -0.25) is 0 Å². The molecule has 80 valence electrons. The van der Waals surface area contributed by atoms with Crippen LogP contribution < -0.4 is 0 Å². The third-order valence-electron chi connectivity index (χ3n) is 2.54. The predicted octanol–water partition coefficient (Wildman–Crippen LogP) is 3.89. The number of benzene rings is 1. The smallest absolute Gasteiger partial charge is 0.347 e. The van der Waals surface area contributed by atoms with Gasteiger partial charge in [0.05, 0.1) is 5.82 Å². The van der Waals surface area contributed by atoms with Crippen LogP contribution in [-0.4, -0.2) is 0 Å². The van der Waals surface area contributed by atoms with Crippen molar-refractivity contribution in [2.24, 2.45) is 5.92 Å². The molecular formula is C13H17FU. The summed E-state index contributed by atoms with van der Waals surface area (Å²) in [6, 6.07) is 3.45. The Morgan fingerprint density at radius 1 is 1.27 bits per heavy atom. The molecule has 1 aromatic carbocycles. The van der Waals surface area contributed by atoms with Crippen molar-refractivity contribution in [2.45, 2.75) is 26.7 Å². The Morgan fingerprint density at radius 3 is 2.20 bits per heavy atom. The Labute approximate surface area is 116 Å². The standard InChI is InChI=1S/C13H17F.U/c1-8(2)11(5)13-10(4)6-9(3)7-12(13)14;/h6-8,11H,4-5H2,1-3H3;/q-2;+2. The molecule has 0 amide bonds. The first-order valence-corrected chi connectivity index (χ1v) is 4.88. The van der Waals surface area contributed by atoms with Crippen molar-refractivity contribution in [1.29, 1.82) is 0 Å². The maximum Gasteiger partial charge on any atom is 2.00 e. The Morgan fingerprint density at radius 2 is 1.80 bits per heavy atom. The first-order chi connectivity index (χ1) is 6.43. The van der Waals surface area contributed by atoms with Crippen LogP contribution >= 0.6 is 0 Å². The van der Waals surface area contributed by atoms with Gasteiger partial charge in [0.25, 0.3) is 0 Å². The van der Waals surface area contributed by atoms with Crippen LogP contribution in [0.1, 0.15) is 36.5 Å². The zero-order valence-electron chi connectivity index (χ0n) is 9.60. The summed E-state index contributed by atoms with van der Waals surface area (Å²) in [7, 11) is 0. The summed E-state index contributed by atoms with van der Waals surface area (Å²) in [6.07, 6.45) is 0. The summed E-state index contributed by atoms with van der Waals surface area (Å²) in [5.74, 6) is 0.125. The van der Waals surface area contributed by atoms with E-state index >= 15 is 0 Å². The summed E-state index contributed by atoms with van der Waals surface area (Å²) in [6.45, 7) is 13.8. The topological polar surface area (TPSA) is 0 Å². The molecule has 0 saturated heterocycles. The maximum atomic E-state index is 13.6. The minimum absolute atomic E-state index is 0. The Kier molecular flexibility index (Phi) is 6.00. The fourth-order valence-electron chi connectivity index (χ4n) is 1.57. The van der Waals surface area contributed by atoms with E-state index in [2.05, 4.69) is 13.8 Å². The number of halogens is 1. The van der Waals surface area contributed by atoms with E-state index in [0.717, 1.165) is 11.1 Å². The minimum Gasteiger partial charge on any atom is -0.347 e. The monoisotopic (exact) mass is 430 g/mol. The molecule has 1 rings (SSSR count). The van der Waals surface area contributed by atoms with E-state index < -0.39 is 0 Å². The molecule has 0 aromatic heterocycles. The van der Waals surface area contributed by atoms with Gasteiger partial charge in [-0.2, -0.15) is 24.5 Å². The van der Waals surface area contributed by atoms with Gasteiger partial charge in [-0.25, -0.2) is 4.39 Å². The SMILES string of the molecule is [CH2-]c1cc(C)cc(F)c1C([CH2-])C(C)C.[U+2]. The summed E-state index contributed by atoms with van der Waals surface area (Å²) in [4.78, 5) is 0. The van der Waals surface area contributed by atoms with Crippen LogP contribution in [0.25, 0.3) is 0 Å². The van der Waals surface area contributed by atoms with Crippen molar-refractivity contribution in [3.63, 3.8) is 0 Å². The van der Waals surface area contributed by atoms with Crippen LogP contribution in [0, 0.1) is 63.6 Å². The van der Waals surface area contributed by atoms with Gasteiger partial charge < -0.3 is 6.92 Å². The average Bonchev–Trinajstić information content (AvgIpc) is 2.01. The summed E-state index contributed by atoms with van der Waals surface area (Å²) in [5, 5.41) is 0. The zero-order chi connectivity index (χ0) is 10.9. The van der Waals surface area contributed by atoms with Crippen molar-refractivity contribution in [3.05, 3.63) is 48.5 Å². The second-order valence-electron chi connectivity index (χ2n) is 4.17. The molecule has 0 saturated carbocycles. The quantitative estimate of drug-likeness (QED) is 0.625. The molecule has 0 nitrogen and oxygen atoms in total. The number of aryl methyl sites for hydroxylation is 1. The predicted molar refractivity (Wildman–Crippen MR) is 58.5 cm³/mol. The summed E-state index contributed by atoms with van der Waals surface area (Å²) >= 11 is 0. The van der Waals surface area contributed by atoms with E-state index in [1.54, 1.807) is 6.07 Å². The third-order valence-corrected chi connectivity index (χ3v) is 2.54. The van der Waals surface area contributed by atoms with E-state index in [1.165, 1.54) is 0 Å². The zero-order valence-corrected chi connectivity index (χ0v) is 13.8. The molecule has 0 radical (unpaired) electrons. The molecule has 1 aromatic rings. The molecule has 0 N–H and O–H groups in total. The van der Waals surface area contributed by atoms with E-state index in [1.807, 2.05) is 26.8 Å². The van der Waals surface area contributed by atoms with Gasteiger partial charge in [0.1, 0.15) is 0 Å². The van der Waals surface area contributed by atoms with Crippen LogP contribution in [0.2, 0.25) is 0 Å². The van der Waals surface area contributed by atoms with Gasteiger partial charge in [-0.15, -0.1) is 11.1 Å². The molecule has 0 aliphatic heterocycles. The molecule has 0 bridgehead atoms. The van der Waals surface area contributed by atoms with Gasteiger partial charge >= 0.3 is 31.1 Å². The molecule has 0 fully saturated rings.